The van der Waals surface area contributed by atoms with Gasteiger partial charge >= 0.3 is 12.1 Å². The summed E-state index contributed by atoms with van der Waals surface area (Å²) in [4.78, 5) is 10.6. The second-order valence-corrected chi connectivity index (χ2v) is 3.31. The predicted octanol–water partition coefficient (Wildman–Crippen LogP) is 3.11. The second-order valence-electron chi connectivity index (χ2n) is 3.31. The van der Waals surface area contributed by atoms with Crippen LogP contribution in [0.4, 0.5) is 13.2 Å². The zero-order valence-corrected chi connectivity index (χ0v) is 8.43. The molecule has 0 amide bonds. The molecule has 0 aliphatic heterocycles. The van der Waals surface area contributed by atoms with Crippen LogP contribution < -0.4 is 0 Å². The van der Waals surface area contributed by atoms with E-state index in [2.05, 4.69) is 6.58 Å². The molecule has 86 valence electrons. The first-order valence-corrected chi connectivity index (χ1v) is 4.34. The Hall–Kier alpha value is -1.78. The minimum absolute atomic E-state index is 0.209. The summed E-state index contributed by atoms with van der Waals surface area (Å²) in [5.74, 6) is -1.25. The highest BCUT2D eigenvalue weighted by Gasteiger charge is 2.30. The van der Waals surface area contributed by atoms with Crippen molar-refractivity contribution in [1.82, 2.24) is 0 Å². The van der Waals surface area contributed by atoms with Crippen molar-refractivity contribution in [3.63, 3.8) is 0 Å². The summed E-state index contributed by atoms with van der Waals surface area (Å²) in [6.45, 7) is 4.71. The Morgan fingerprint density at radius 1 is 1.38 bits per heavy atom. The van der Waals surface area contributed by atoms with Crippen molar-refractivity contribution in [2.75, 3.05) is 0 Å². The molecule has 2 nitrogen and oxygen atoms in total. The van der Waals surface area contributed by atoms with E-state index < -0.39 is 17.7 Å². The lowest BCUT2D eigenvalue weighted by Crippen LogP contribution is -2.07. The second kappa shape index (κ2) is 4.00. The van der Waals surface area contributed by atoms with Crippen LogP contribution in [0.3, 0.4) is 0 Å². The van der Waals surface area contributed by atoms with Crippen LogP contribution in [0, 0.1) is 6.92 Å². The molecule has 0 saturated heterocycles. The fraction of sp³-hybridized carbons (Fsp3) is 0.182. The standard InChI is InChI=1S/C11H9F3O2/c1-6-5-8(11(12,13)14)3-4-9(6)7(2)10(15)16/h3-5H,2H2,1H3,(H,15,16). The van der Waals surface area contributed by atoms with Crippen molar-refractivity contribution in [3.05, 3.63) is 41.5 Å². The summed E-state index contributed by atoms with van der Waals surface area (Å²) in [5.41, 5.74) is -0.569. The molecule has 1 rings (SSSR count). The Balaban J connectivity index is 3.20. The molecule has 0 spiro atoms. The van der Waals surface area contributed by atoms with Gasteiger partial charge in [-0.15, -0.1) is 0 Å². The molecule has 0 saturated carbocycles. The summed E-state index contributed by atoms with van der Waals surface area (Å²) in [7, 11) is 0. The van der Waals surface area contributed by atoms with Gasteiger partial charge in [-0.3, -0.25) is 0 Å². The predicted molar refractivity (Wildman–Crippen MR) is 52.9 cm³/mol. The molecule has 16 heavy (non-hydrogen) atoms. The first-order chi connectivity index (χ1) is 7.23. The number of rotatable bonds is 2. The van der Waals surface area contributed by atoms with Crippen LogP contribution >= 0.6 is 0 Å². The number of carboxylic acids is 1. The smallest absolute Gasteiger partial charge is 0.416 e. The zero-order valence-electron chi connectivity index (χ0n) is 8.43. The molecule has 0 aromatic heterocycles. The number of benzene rings is 1. The third-order valence-electron chi connectivity index (χ3n) is 2.14. The van der Waals surface area contributed by atoms with Crippen molar-refractivity contribution in [3.8, 4) is 0 Å². The summed E-state index contributed by atoms with van der Waals surface area (Å²) in [5, 5.41) is 8.67. The third-order valence-corrected chi connectivity index (χ3v) is 2.14. The zero-order chi connectivity index (χ0) is 12.5. The van der Waals surface area contributed by atoms with E-state index >= 15 is 0 Å². The van der Waals surface area contributed by atoms with Crippen LogP contribution in [0.2, 0.25) is 0 Å². The van der Waals surface area contributed by atoms with Crippen molar-refractivity contribution >= 4 is 11.5 Å². The van der Waals surface area contributed by atoms with Gasteiger partial charge in [0, 0.05) is 0 Å². The first kappa shape index (κ1) is 12.3. The molecule has 1 aromatic carbocycles. The van der Waals surface area contributed by atoms with E-state index in [0.717, 1.165) is 18.2 Å². The molecule has 0 bridgehead atoms. The lowest BCUT2D eigenvalue weighted by Gasteiger charge is -2.10. The van der Waals surface area contributed by atoms with E-state index in [1.54, 1.807) is 0 Å². The largest absolute Gasteiger partial charge is 0.478 e. The number of aliphatic carboxylic acids is 1. The maximum absolute atomic E-state index is 12.3. The normalized spacial score (nSPS) is 11.2. The number of hydrogen-bond donors (Lipinski definition) is 1. The van der Waals surface area contributed by atoms with Crippen molar-refractivity contribution < 1.29 is 23.1 Å². The van der Waals surface area contributed by atoms with Gasteiger partial charge in [0.15, 0.2) is 0 Å². The maximum Gasteiger partial charge on any atom is 0.416 e. The number of halogens is 3. The van der Waals surface area contributed by atoms with Crippen LogP contribution in [0.5, 0.6) is 0 Å². The molecule has 0 aliphatic rings. The van der Waals surface area contributed by atoms with Gasteiger partial charge in [0.1, 0.15) is 0 Å². The summed E-state index contributed by atoms with van der Waals surface area (Å²) in [6, 6.07) is 2.87. The minimum atomic E-state index is -4.42. The Morgan fingerprint density at radius 2 is 1.94 bits per heavy atom. The highest BCUT2D eigenvalue weighted by atomic mass is 19.4. The molecule has 0 unspecified atom stereocenters. The Bertz CT molecular complexity index is 447. The quantitative estimate of drug-likeness (QED) is 0.792. The molecular formula is C11H9F3O2. The molecule has 0 atom stereocenters. The van der Waals surface area contributed by atoms with Crippen molar-refractivity contribution in [1.29, 1.82) is 0 Å². The molecular weight excluding hydrogens is 221 g/mol. The average molecular weight is 230 g/mol. The number of alkyl halides is 3. The van der Waals surface area contributed by atoms with Gasteiger partial charge in [0.05, 0.1) is 11.1 Å². The van der Waals surface area contributed by atoms with Crippen molar-refractivity contribution in [2.45, 2.75) is 13.1 Å². The van der Waals surface area contributed by atoms with Crippen LogP contribution in [-0.4, -0.2) is 11.1 Å². The summed E-state index contributed by atoms with van der Waals surface area (Å²) >= 11 is 0. The average Bonchev–Trinajstić information content (AvgIpc) is 2.15. The summed E-state index contributed by atoms with van der Waals surface area (Å²) < 4.78 is 37.0. The van der Waals surface area contributed by atoms with Gasteiger partial charge in [0.25, 0.3) is 0 Å². The molecule has 0 aliphatic carbocycles. The lowest BCUT2D eigenvalue weighted by atomic mass is 9.99. The van der Waals surface area contributed by atoms with Gasteiger partial charge in [-0.05, 0) is 30.2 Å². The lowest BCUT2D eigenvalue weighted by molar-refractivity contribution is -0.137. The molecule has 1 N–H and O–H groups in total. The minimum Gasteiger partial charge on any atom is -0.478 e. The van der Waals surface area contributed by atoms with Crippen molar-refractivity contribution in [2.24, 2.45) is 0 Å². The molecule has 1 aromatic rings. The first-order valence-electron chi connectivity index (χ1n) is 4.34. The number of carboxylic acid groups (broad SMARTS) is 1. The van der Waals surface area contributed by atoms with E-state index in [4.69, 9.17) is 5.11 Å². The van der Waals surface area contributed by atoms with E-state index in [0.29, 0.717) is 0 Å². The van der Waals surface area contributed by atoms with Gasteiger partial charge < -0.3 is 5.11 Å². The fourth-order valence-electron chi connectivity index (χ4n) is 1.29. The number of hydrogen-bond acceptors (Lipinski definition) is 1. The number of carbonyl (C=O) groups is 1. The van der Waals surface area contributed by atoms with Gasteiger partial charge in [-0.25, -0.2) is 4.79 Å². The molecule has 0 fully saturated rings. The highest BCUT2D eigenvalue weighted by molar-refractivity contribution is 6.14. The number of aryl methyl sites for hydroxylation is 1. The fourth-order valence-corrected chi connectivity index (χ4v) is 1.29. The van der Waals surface area contributed by atoms with Gasteiger partial charge in [-0.1, -0.05) is 12.6 Å². The van der Waals surface area contributed by atoms with Crippen LogP contribution in [0.25, 0.3) is 5.57 Å². The molecule has 0 heterocycles. The third kappa shape index (κ3) is 2.42. The topological polar surface area (TPSA) is 37.3 Å². The Morgan fingerprint density at radius 3 is 2.31 bits per heavy atom. The van der Waals surface area contributed by atoms with Crippen LogP contribution in [0.15, 0.2) is 24.8 Å². The van der Waals surface area contributed by atoms with E-state index in [9.17, 15) is 18.0 Å². The highest BCUT2D eigenvalue weighted by Crippen LogP contribution is 2.31. The SMILES string of the molecule is C=C(C(=O)O)c1ccc(C(F)(F)F)cc1C. The monoisotopic (exact) mass is 230 g/mol. The van der Waals surface area contributed by atoms with Gasteiger partial charge in [0.2, 0.25) is 0 Å². The summed E-state index contributed by atoms with van der Waals surface area (Å²) in [6.07, 6.45) is -4.42. The molecule has 0 radical (unpaired) electrons. The Labute approximate surface area is 90.0 Å². The van der Waals surface area contributed by atoms with E-state index in [-0.39, 0.29) is 16.7 Å². The van der Waals surface area contributed by atoms with Crippen LogP contribution in [0.1, 0.15) is 16.7 Å². The maximum atomic E-state index is 12.3. The van der Waals surface area contributed by atoms with Gasteiger partial charge in [-0.2, -0.15) is 13.2 Å². The molecule has 5 heteroatoms. The Kier molecular flexibility index (Phi) is 3.07. The van der Waals surface area contributed by atoms with Crippen LogP contribution in [-0.2, 0) is 11.0 Å². The van der Waals surface area contributed by atoms with E-state index in [1.165, 1.54) is 6.92 Å². The van der Waals surface area contributed by atoms with E-state index in [1.807, 2.05) is 0 Å².